The second-order valence-corrected chi connectivity index (χ2v) is 18.3. The van der Waals surface area contributed by atoms with Crippen molar-refractivity contribution in [3.05, 3.63) is 72.9 Å². The molecule has 11 heteroatoms. The van der Waals surface area contributed by atoms with Crippen molar-refractivity contribution in [1.29, 1.82) is 0 Å². The van der Waals surface area contributed by atoms with E-state index in [1.807, 2.05) is 42.5 Å². The largest absolute Gasteiger partial charge is 0.454 e. The van der Waals surface area contributed by atoms with Crippen molar-refractivity contribution in [3.8, 4) is 0 Å². The van der Waals surface area contributed by atoms with E-state index in [1.54, 1.807) is 6.08 Å². The van der Waals surface area contributed by atoms with Crippen molar-refractivity contribution < 1.29 is 49.3 Å². The van der Waals surface area contributed by atoms with Gasteiger partial charge >= 0.3 is 5.97 Å². The summed E-state index contributed by atoms with van der Waals surface area (Å²) in [5.74, 6) is -1.29. The third-order valence-corrected chi connectivity index (χ3v) is 12.2. The van der Waals surface area contributed by atoms with Gasteiger partial charge < -0.3 is 45.1 Å². The molecule has 1 fully saturated rings. The van der Waals surface area contributed by atoms with Gasteiger partial charge in [0, 0.05) is 6.42 Å². The molecule has 1 aliphatic rings. The van der Waals surface area contributed by atoms with Crippen molar-refractivity contribution in [3.63, 3.8) is 0 Å². The van der Waals surface area contributed by atoms with Crippen LogP contribution >= 0.6 is 0 Å². The van der Waals surface area contributed by atoms with Crippen LogP contribution in [-0.2, 0) is 23.8 Å². The third kappa shape index (κ3) is 33.3. The number of hydrogen-bond donors (Lipinski definition) is 6. The van der Waals surface area contributed by atoms with Gasteiger partial charge in [0.2, 0.25) is 5.91 Å². The van der Waals surface area contributed by atoms with E-state index in [0.29, 0.717) is 12.8 Å². The van der Waals surface area contributed by atoms with Gasteiger partial charge in [0.15, 0.2) is 12.4 Å². The first-order chi connectivity index (χ1) is 32.7. The maximum atomic E-state index is 13.3. The normalized spacial score (nSPS) is 20.6. The fourth-order valence-corrected chi connectivity index (χ4v) is 7.88. The summed E-state index contributed by atoms with van der Waals surface area (Å²) in [7, 11) is 0. The van der Waals surface area contributed by atoms with E-state index in [2.05, 4.69) is 50.4 Å². The van der Waals surface area contributed by atoms with Crippen molar-refractivity contribution in [2.45, 2.75) is 256 Å². The Labute approximate surface area is 407 Å². The van der Waals surface area contributed by atoms with Gasteiger partial charge in [-0.25, -0.2) is 0 Å². The van der Waals surface area contributed by atoms with Crippen LogP contribution in [0.2, 0.25) is 0 Å². The molecule has 0 aromatic rings. The zero-order valence-electron chi connectivity index (χ0n) is 42.2. The molecule has 1 rings (SSSR count). The average molecular weight is 944 g/mol. The lowest BCUT2D eigenvalue weighted by Crippen LogP contribution is -2.61. The van der Waals surface area contributed by atoms with Gasteiger partial charge in [-0.1, -0.05) is 209 Å². The van der Waals surface area contributed by atoms with Gasteiger partial charge in [0.05, 0.1) is 25.4 Å². The van der Waals surface area contributed by atoms with Crippen molar-refractivity contribution in [2.24, 2.45) is 0 Å². The van der Waals surface area contributed by atoms with Crippen LogP contribution in [0.5, 0.6) is 0 Å². The highest BCUT2D eigenvalue weighted by molar-refractivity contribution is 5.80. The summed E-state index contributed by atoms with van der Waals surface area (Å²) in [4.78, 5) is 26.3. The Bertz CT molecular complexity index is 1360. The monoisotopic (exact) mass is 944 g/mol. The highest BCUT2D eigenvalue weighted by Crippen LogP contribution is 2.26. The highest BCUT2D eigenvalue weighted by Gasteiger charge is 2.47. The Kier molecular flexibility index (Phi) is 41.1. The molecule has 1 saturated heterocycles. The minimum Gasteiger partial charge on any atom is -0.454 e. The molecule has 0 saturated carbocycles. The van der Waals surface area contributed by atoms with Crippen LogP contribution in [0.1, 0.15) is 207 Å². The molecule has 0 aromatic heterocycles. The zero-order chi connectivity index (χ0) is 49.0. The molecule has 1 heterocycles. The third-order valence-electron chi connectivity index (χ3n) is 12.2. The van der Waals surface area contributed by atoms with Crippen molar-refractivity contribution >= 4 is 11.9 Å². The van der Waals surface area contributed by atoms with Gasteiger partial charge in [-0.2, -0.15) is 0 Å². The number of unbranched alkanes of at least 4 members (excludes halogenated alkanes) is 21. The number of allylic oxidation sites excluding steroid dienone is 11. The Morgan fingerprint density at radius 2 is 1.13 bits per heavy atom. The SMILES string of the molecule is CC/C=C/C=C/C=C\CCCCCCC(O)C(=O)NC(COC1OC(CO)C(O)C(O)C1OC(=O)CC/C=C/C/C=C\CCCCCCCC)C(O)/C=C/CCCCCCCCCCCCC. The second-order valence-electron chi connectivity index (χ2n) is 18.3. The Hall–Kier alpha value is -2.90. The molecule has 6 N–H and O–H groups in total. The van der Waals surface area contributed by atoms with Crippen LogP contribution in [0.3, 0.4) is 0 Å². The predicted molar refractivity (Wildman–Crippen MR) is 273 cm³/mol. The summed E-state index contributed by atoms with van der Waals surface area (Å²) in [5.41, 5.74) is 0. The molecule has 11 nitrogen and oxygen atoms in total. The summed E-state index contributed by atoms with van der Waals surface area (Å²) < 4.78 is 17.4. The van der Waals surface area contributed by atoms with Crippen LogP contribution in [0.25, 0.3) is 0 Å². The number of ether oxygens (including phenoxy) is 3. The molecule has 0 aliphatic carbocycles. The number of aliphatic hydroxyl groups excluding tert-OH is 5. The molecular weight excluding hydrogens is 847 g/mol. The number of carbonyl (C=O) groups is 2. The van der Waals surface area contributed by atoms with E-state index in [-0.39, 0.29) is 19.4 Å². The van der Waals surface area contributed by atoms with E-state index in [9.17, 15) is 35.1 Å². The molecule has 0 aromatic carbocycles. The van der Waals surface area contributed by atoms with E-state index in [4.69, 9.17) is 14.2 Å². The Morgan fingerprint density at radius 3 is 1.72 bits per heavy atom. The summed E-state index contributed by atoms with van der Waals surface area (Å²) in [6.45, 7) is 5.56. The molecule has 386 valence electrons. The topological polar surface area (TPSA) is 175 Å². The summed E-state index contributed by atoms with van der Waals surface area (Å²) in [5, 5.41) is 56.6. The number of amides is 1. The number of esters is 1. The lowest BCUT2D eigenvalue weighted by atomic mass is 9.99. The van der Waals surface area contributed by atoms with Crippen molar-refractivity contribution in [2.75, 3.05) is 13.2 Å². The van der Waals surface area contributed by atoms with Gasteiger partial charge in [-0.3, -0.25) is 9.59 Å². The summed E-state index contributed by atoms with van der Waals surface area (Å²) in [6, 6.07) is -1.05. The molecule has 0 spiro atoms. The second kappa shape index (κ2) is 44.3. The number of rotatable bonds is 43. The van der Waals surface area contributed by atoms with Gasteiger partial charge in [-0.15, -0.1) is 0 Å². The minimum atomic E-state index is -1.64. The molecule has 8 atom stereocenters. The minimum absolute atomic E-state index is 0.0124. The van der Waals surface area contributed by atoms with Crippen LogP contribution in [0.4, 0.5) is 0 Å². The first kappa shape index (κ1) is 62.1. The number of hydrogen-bond acceptors (Lipinski definition) is 10. The quantitative estimate of drug-likeness (QED) is 0.0149. The van der Waals surface area contributed by atoms with Gasteiger partial charge in [0.1, 0.15) is 24.4 Å². The molecule has 1 amide bonds. The van der Waals surface area contributed by atoms with E-state index in [0.717, 1.165) is 70.6 Å². The maximum Gasteiger partial charge on any atom is 0.306 e. The molecule has 67 heavy (non-hydrogen) atoms. The Balaban J connectivity index is 2.83. The van der Waals surface area contributed by atoms with Crippen LogP contribution in [-0.4, -0.2) is 99.6 Å². The number of nitrogens with one attached hydrogen (secondary N) is 1. The van der Waals surface area contributed by atoms with Crippen molar-refractivity contribution in [1.82, 2.24) is 5.32 Å². The van der Waals surface area contributed by atoms with Gasteiger partial charge in [0.25, 0.3) is 0 Å². The molecular formula is C56H97NO10. The summed E-state index contributed by atoms with van der Waals surface area (Å²) in [6.07, 6.45) is 44.0. The molecule has 0 radical (unpaired) electrons. The van der Waals surface area contributed by atoms with Gasteiger partial charge in [-0.05, 0) is 64.2 Å². The molecule has 0 bridgehead atoms. The first-order valence-electron chi connectivity index (χ1n) is 26.7. The zero-order valence-corrected chi connectivity index (χ0v) is 42.2. The number of aliphatic hydroxyl groups is 5. The lowest BCUT2D eigenvalue weighted by molar-refractivity contribution is -0.305. The molecule has 8 unspecified atom stereocenters. The lowest BCUT2D eigenvalue weighted by Gasteiger charge is -2.41. The summed E-state index contributed by atoms with van der Waals surface area (Å²) >= 11 is 0. The fraction of sp³-hybridized carbons (Fsp3) is 0.750. The van der Waals surface area contributed by atoms with E-state index >= 15 is 0 Å². The van der Waals surface area contributed by atoms with Crippen LogP contribution in [0, 0.1) is 0 Å². The molecule has 1 aliphatic heterocycles. The van der Waals surface area contributed by atoms with E-state index in [1.165, 1.54) is 89.9 Å². The fourth-order valence-electron chi connectivity index (χ4n) is 7.88. The van der Waals surface area contributed by atoms with Crippen LogP contribution < -0.4 is 5.32 Å². The smallest absolute Gasteiger partial charge is 0.306 e. The standard InChI is InChI=1S/C56H97NO10/c1-4-7-10-13-16-19-22-25-28-30-33-36-39-42-48(59)47(57-55(64)49(60)43-40-37-34-31-27-24-21-18-15-12-9-6-3)46-65-56-54(53(63)52(62)50(45-58)66-56)67-51(61)44-41-38-35-32-29-26-23-20-17-14-11-8-5-2/h9,12,15,18,21,24,26,29,35,38-39,42,47-50,52-54,56,58-60,62-63H,4-8,10-11,13-14,16-17,19-20,22-23,25,27-28,30-34,36-37,40-41,43-46H2,1-3H3,(H,57,64)/b12-9+,18-15+,24-21-,29-26-,38-35+,42-39+. The highest BCUT2D eigenvalue weighted by atomic mass is 16.7. The first-order valence-corrected chi connectivity index (χ1v) is 26.7. The van der Waals surface area contributed by atoms with Crippen LogP contribution in [0.15, 0.2) is 72.9 Å². The predicted octanol–water partition coefficient (Wildman–Crippen LogP) is 11.3. The van der Waals surface area contributed by atoms with E-state index < -0.39 is 67.4 Å². The average Bonchev–Trinajstić information content (AvgIpc) is 3.32. The Morgan fingerprint density at radius 1 is 0.612 bits per heavy atom. The maximum absolute atomic E-state index is 13.3. The number of carbonyl (C=O) groups excluding carboxylic acids is 2.